The van der Waals surface area contributed by atoms with Crippen molar-refractivity contribution in [2.75, 3.05) is 34.2 Å². The van der Waals surface area contributed by atoms with Crippen LogP contribution in [0.4, 0.5) is 0 Å². The molecule has 5 rings (SSSR count). The number of likely N-dealkylation sites (N-methyl/N-ethyl adjacent to an activating group) is 3. The molecule has 5 aromatic carbocycles. The number of nitrogens with zero attached hydrogens (tertiary/aromatic N) is 1. The number of carbonyl (C=O) groups is 3. The van der Waals surface area contributed by atoms with Crippen LogP contribution in [0.5, 0.6) is 11.5 Å². The van der Waals surface area contributed by atoms with Gasteiger partial charge >= 0.3 is 5.97 Å². The summed E-state index contributed by atoms with van der Waals surface area (Å²) >= 11 is 0. The van der Waals surface area contributed by atoms with Gasteiger partial charge in [0.2, 0.25) is 5.91 Å². The second-order valence-electron chi connectivity index (χ2n) is 14.9. The molecule has 3 atom stereocenters. The van der Waals surface area contributed by atoms with Crippen molar-refractivity contribution in [2.24, 2.45) is 0 Å². The van der Waals surface area contributed by atoms with E-state index in [2.05, 4.69) is 22.0 Å². The van der Waals surface area contributed by atoms with E-state index in [9.17, 15) is 14.4 Å². The van der Waals surface area contributed by atoms with Gasteiger partial charge in [0.05, 0.1) is 12.1 Å². The first kappa shape index (κ1) is 45.3. The molecule has 0 fully saturated rings. The zero-order valence-corrected chi connectivity index (χ0v) is 35.6. The first-order valence-electron chi connectivity index (χ1n) is 20.8. The largest absolute Gasteiger partial charge is 0.489 e. The van der Waals surface area contributed by atoms with Gasteiger partial charge in [-0.15, -0.1) is 0 Å². The van der Waals surface area contributed by atoms with E-state index >= 15 is 0 Å². The zero-order chi connectivity index (χ0) is 42.7. The summed E-state index contributed by atoms with van der Waals surface area (Å²) in [5.41, 5.74) is 6.29. The molecule has 0 saturated heterocycles. The fourth-order valence-electron chi connectivity index (χ4n) is 7.22. The Morgan fingerprint density at radius 2 is 1.10 bits per heavy atom. The fourth-order valence-corrected chi connectivity index (χ4v) is 7.22. The van der Waals surface area contributed by atoms with Crippen molar-refractivity contribution in [1.29, 1.82) is 0 Å². The van der Waals surface area contributed by atoms with Crippen molar-refractivity contribution in [3.63, 3.8) is 0 Å². The van der Waals surface area contributed by atoms with Crippen LogP contribution >= 0.6 is 0 Å². The van der Waals surface area contributed by atoms with Crippen LogP contribution < -0.4 is 25.4 Å². The maximum Gasteiger partial charge on any atom is 0.329 e. The third-order valence-corrected chi connectivity index (χ3v) is 10.7. The normalized spacial score (nSPS) is 12.6. The van der Waals surface area contributed by atoms with Crippen LogP contribution in [-0.4, -0.2) is 74.9 Å². The van der Waals surface area contributed by atoms with Crippen LogP contribution in [0.3, 0.4) is 0 Å². The molecule has 316 valence electrons. The Morgan fingerprint density at radius 1 is 0.617 bits per heavy atom. The lowest BCUT2D eigenvalue weighted by Crippen LogP contribution is -2.53. The van der Waals surface area contributed by atoms with Crippen molar-refractivity contribution in [1.82, 2.24) is 20.9 Å². The van der Waals surface area contributed by atoms with E-state index in [0.717, 1.165) is 51.9 Å². The SMILES string of the molecule is CCN(C(=O)[C@H](CCCNC)NC)[C@@H](Cc1cc(-c2ccc(OCc3ccccc3)c(C[C@H](NC)C(C)=O)c2)ccc1OCc1ccccc1)C(=O)OCc1ccccc1. The average molecular weight is 813 g/mol. The Hall–Kier alpha value is -5.81. The highest BCUT2D eigenvalue weighted by Gasteiger charge is 2.34. The molecule has 0 spiro atoms. The fraction of sp³-hybridized carbons (Fsp3) is 0.340. The van der Waals surface area contributed by atoms with Crippen LogP contribution in [0.15, 0.2) is 127 Å². The van der Waals surface area contributed by atoms with Gasteiger partial charge in [-0.05, 0) is 124 Å². The van der Waals surface area contributed by atoms with Gasteiger partial charge in [-0.2, -0.15) is 0 Å². The van der Waals surface area contributed by atoms with Crippen LogP contribution in [0, 0.1) is 0 Å². The second kappa shape index (κ2) is 23.7. The van der Waals surface area contributed by atoms with E-state index in [1.165, 1.54) is 0 Å². The average Bonchev–Trinajstić information content (AvgIpc) is 3.28. The molecule has 0 radical (unpaired) electrons. The lowest BCUT2D eigenvalue weighted by molar-refractivity contribution is -0.157. The molecule has 1 amide bonds. The standard InChI is InChI=1S/C50H60N4O6/c1-6-54(49(56)44(52-4)23-16-28-51-3)46(50(57)60-35-39-21-14-9-15-22-39)32-43-30-41(25-27-48(43)59-34-38-19-12-8-13-20-38)40-24-26-47(58-33-37-17-10-7-11-18-37)42(29-40)31-45(53-5)36(2)55/h7-15,17-22,24-27,29-30,44-46,51-53H,6,16,23,28,31-35H2,1-5H3/t44-,45-,46-/m0/s1. The Morgan fingerprint density at radius 3 is 1.55 bits per heavy atom. The van der Waals surface area contributed by atoms with Gasteiger partial charge in [-0.3, -0.25) is 9.59 Å². The smallest absolute Gasteiger partial charge is 0.329 e. The second-order valence-corrected chi connectivity index (χ2v) is 14.9. The monoisotopic (exact) mass is 812 g/mol. The highest BCUT2D eigenvalue weighted by molar-refractivity contribution is 5.88. The van der Waals surface area contributed by atoms with E-state index < -0.39 is 24.1 Å². The number of esters is 1. The zero-order valence-electron chi connectivity index (χ0n) is 35.6. The Kier molecular flexibility index (Phi) is 17.9. The molecule has 0 aliphatic heterocycles. The maximum absolute atomic E-state index is 14.3. The van der Waals surface area contributed by atoms with Gasteiger partial charge in [0, 0.05) is 13.0 Å². The third kappa shape index (κ3) is 13.1. The van der Waals surface area contributed by atoms with Gasteiger partial charge in [-0.25, -0.2) is 4.79 Å². The van der Waals surface area contributed by atoms with Crippen LogP contribution in [-0.2, 0) is 51.8 Å². The number of benzene rings is 5. The third-order valence-electron chi connectivity index (χ3n) is 10.7. The van der Waals surface area contributed by atoms with Gasteiger partial charge in [0.15, 0.2) is 0 Å². The van der Waals surface area contributed by atoms with E-state index in [1.54, 1.807) is 25.9 Å². The number of hydrogen-bond acceptors (Lipinski definition) is 9. The van der Waals surface area contributed by atoms with Crippen molar-refractivity contribution in [2.45, 2.75) is 77.5 Å². The van der Waals surface area contributed by atoms with Gasteiger partial charge in [0.25, 0.3) is 0 Å². The molecule has 10 nitrogen and oxygen atoms in total. The summed E-state index contributed by atoms with van der Waals surface area (Å²) in [5, 5.41) is 9.50. The van der Waals surface area contributed by atoms with E-state index in [1.807, 2.05) is 135 Å². The number of hydrogen-bond donors (Lipinski definition) is 3. The highest BCUT2D eigenvalue weighted by atomic mass is 16.5. The Bertz CT molecular complexity index is 2100. The number of Topliss-reactive ketones (excluding diaryl/α,β-unsaturated/α-hetero) is 1. The number of ether oxygens (including phenoxy) is 3. The van der Waals surface area contributed by atoms with Crippen LogP contribution in [0.1, 0.15) is 54.5 Å². The number of nitrogens with one attached hydrogen (secondary N) is 3. The van der Waals surface area contributed by atoms with Gasteiger partial charge in [0.1, 0.15) is 43.1 Å². The van der Waals surface area contributed by atoms with Gasteiger partial charge in [-0.1, -0.05) is 103 Å². The molecule has 0 bridgehead atoms. The summed E-state index contributed by atoms with van der Waals surface area (Å²) in [5.74, 6) is 0.659. The summed E-state index contributed by atoms with van der Waals surface area (Å²) < 4.78 is 18.8. The lowest BCUT2D eigenvalue weighted by Gasteiger charge is -2.33. The summed E-state index contributed by atoms with van der Waals surface area (Å²) in [6.45, 7) is 5.31. The topological polar surface area (TPSA) is 118 Å². The maximum atomic E-state index is 14.3. The molecule has 0 aliphatic carbocycles. The number of rotatable bonds is 24. The molecule has 60 heavy (non-hydrogen) atoms. The predicted octanol–water partition coefficient (Wildman–Crippen LogP) is 7.32. The van der Waals surface area contributed by atoms with Crippen LogP contribution in [0.25, 0.3) is 11.1 Å². The minimum Gasteiger partial charge on any atom is -0.489 e. The molecule has 0 heterocycles. The lowest BCUT2D eigenvalue weighted by atomic mass is 9.94. The van der Waals surface area contributed by atoms with Crippen molar-refractivity contribution in [3.05, 3.63) is 155 Å². The number of amides is 1. The molecule has 0 aliphatic rings. The summed E-state index contributed by atoms with van der Waals surface area (Å²) in [4.78, 5) is 42.9. The predicted molar refractivity (Wildman–Crippen MR) is 238 cm³/mol. The summed E-state index contributed by atoms with van der Waals surface area (Å²) in [7, 11) is 5.45. The quantitative estimate of drug-likeness (QED) is 0.0435. The van der Waals surface area contributed by atoms with E-state index in [0.29, 0.717) is 44.1 Å². The number of ketones is 1. The van der Waals surface area contributed by atoms with E-state index in [4.69, 9.17) is 14.2 Å². The highest BCUT2D eigenvalue weighted by Crippen LogP contribution is 2.33. The van der Waals surface area contributed by atoms with E-state index in [-0.39, 0.29) is 24.7 Å². The van der Waals surface area contributed by atoms with Crippen LogP contribution in [0.2, 0.25) is 0 Å². The van der Waals surface area contributed by atoms with Crippen molar-refractivity contribution < 1.29 is 28.6 Å². The summed E-state index contributed by atoms with van der Waals surface area (Å²) in [6.07, 6.45) is 1.96. The molecular weight excluding hydrogens is 753 g/mol. The minimum absolute atomic E-state index is 0.0295. The Labute approximate surface area is 355 Å². The molecule has 10 heteroatoms. The molecule has 0 saturated carbocycles. The molecule has 5 aromatic rings. The Balaban J connectivity index is 1.55. The van der Waals surface area contributed by atoms with Gasteiger partial charge < -0.3 is 35.1 Å². The first-order chi connectivity index (χ1) is 29.2. The molecular formula is C50H60N4O6. The van der Waals surface area contributed by atoms with Crippen molar-refractivity contribution >= 4 is 17.7 Å². The summed E-state index contributed by atoms with van der Waals surface area (Å²) in [6, 6.07) is 39.6. The minimum atomic E-state index is -0.947. The number of carbonyl (C=O) groups excluding carboxylic acids is 3. The first-order valence-corrected chi connectivity index (χ1v) is 20.8. The molecule has 0 aromatic heterocycles. The molecule has 0 unspecified atom stereocenters. The van der Waals surface area contributed by atoms with Crippen molar-refractivity contribution in [3.8, 4) is 22.6 Å². The molecule has 3 N–H and O–H groups in total.